The number of hydrogen-bond acceptors (Lipinski definition) is 1. The monoisotopic (exact) mass is 327 g/mol. The quantitative estimate of drug-likeness (QED) is 0.692. The van der Waals surface area contributed by atoms with E-state index in [0.29, 0.717) is 10.7 Å². The van der Waals surface area contributed by atoms with Crippen LogP contribution in [-0.2, 0) is 5.33 Å². The highest BCUT2D eigenvalue weighted by Gasteiger charge is 2.29. The molecule has 0 radical (unpaired) electrons. The minimum absolute atomic E-state index is 0.104. The first-order valence-corrected chi connectivity index (χ1v) is 8.14. The zero-order valence-corrected chi connectivity index (χ0v) is 13.6. The third-order valence-corrected chi connectivity index (χ3v) is 4.85. The maximum atomic E-state index is 13.8. The van der Waals surface area contributed by atoms with Crippen molar-refractivity contribution >= 4 is 21.6 Å². The van der Waals surface area contributed by atoms with Crippen LogP contribution in [0.5, 0.6) is 0 Å². The summed E-state index contributed by atoms with van der Waals surface area (Å²) in [4.78, 5) is 2.34. The molecule has 0 aliphatic carbocycles. The Morgan fingerprint density at radius 1 is 1.26 bits per heavy atom. The average molecular weight is 328 g/mol. The fourth-order valence-electron chi connectivity index (χ4n) is 2.96. The van der Waals surface area contributed by atoms with Crippen molar-refractivity contribution in [3.63, 3.8) is 0 Å². The molecule has 1 aromatic rings. The van der Waals surface area contributed by atoms with Crippen LogP contribution in [0.3, 0.4) is 0 Å². The Hall–Kier alpha value is -0.570. The smallest absolute Gasteiger partial charge is 0.129 e. The highest BCUT2D eigenvalue weighted by Crippen LogP contribution is 2.36. The number of anilines is 1. The molecule has 0 atom stereocenters. The van der Waals surface area contributed by atoms with Crippen LogP contribution >= 0.6 is 15.9 Å². The maximum absolute atomic E-state index is 13.8. The SMILES string of the molecule is CC(C)(C)C1CCN(c2cccc(F)c2CBr)CC1. The number of benzene rings is 1. The Morgan fingerprint density at radius 2 is 1.89 bits per heavy atom. The molecule has 2 rings (SSSR count). The molecule has 0 saturated carbocycles. The summed E-state index contributed by atoms with van der Waals surface area (Å²) in [6.07, 6.45) is 2.39. The van der Waals surface area contributed by atoms with Crippen molar-refractivity contribution in [3.8, 4) is 0 Å². The predicted octanol–water partition coefficient (Wildman–Crippen LogP) is 4.98. The van der Waals surface area contributed by atoms with Crippen LogP contribution in [0.15, 0.2) is 18.2 Å². The van der Waals surface area contributed by atoms with Crippen molar-refractivity contribution in [1.82, 2.24) is 0 Å². The summed E-state index contributed by atoms with van der Waals surface area (Å²) < 4.78 is 13.8. The van der Waals surface area contributed by atoms with Crippen LogP contribution in [0.2, 0.25) is 0 Å². The molecule has 19 heavy (non-hydrogen) atoms. The summed E-state index contributed by atoms with van der Waals surface area (Å²) >= 11 is 3.40. The van der Waals surface area contributed by atoms with Crippen molar-refractivity contribution < 1.29 is 4.39 Å². The van der Waals surface area contributed by atoms with E-state index in [-0.39, 0.29) is 5.82 Å². The zero-order chi connectivity index (χ0) is 14.0. The Morgan fingerprint density at radius 3 is 2.42 bits per heavy atom. The van der Waals surface area contributed by atoms with Crippen molar-refractivity contribution in [2.24, 2.45) is 11.3 Å². The van der Waals surface area contributed by atoms with Crippen LogP contribution in [0.25, 0.3) is 0 Å². The molecule has 0 spiro atoms. The third-order valence-electron chi connectivity index (χ3n) is 4.29. The lowest BCUT2D eigenvalue weighted by Crippen LogP contribution is -2.38. The van der Waals surface area contributed by atoms with E-state index in [1.807, 2.05) is 12.1 Å². The Balaban J connectivity index is 2.12. The van der Waals surface area contributed by atoms with E-state index in [4.69, 9.17) is 0 Å². The number of piperidine rings is 1. The molecule has 1 aliphatic heterocycles. The van der Waals surface area contributed by atoms with Gasteiger partial charge in [-0.05, 0) is 36.3 Å². The third kappa shape index (κ3) is 3.31. The predicted molar refractivity (Wildman–Crippen MR) is 83.4 cm³/mol. The van der Waals surface area contributed by atoms with Gasteiger partial charge >= 0.3 is 0 Å². The van der Waals surface area contributed by atoms with Crippen molar-refractivity contribution in [1.29, 1.82) is 0 Å². The molecule has 1 aromatic carbocycles. The molecule has 0 bridgehead atoms. The Bertz CT molecular complexity index is 431. The summed E-state index contributed by atoms with van der Waals surface area (Å²) in [7, 11) is 0. The molecule has 1 heterocycles. The molecule has 0 aromatic heterocycles. The van der Waals surface area contributed by atoms with Gasteiger partial charge in [-0.15, -0.1) is 0 Å². The molecule has 0 N–H and O–H groups in total. The molecule has 1 aliphatic rings. The first kappa shape index (κ1) is 14.8. The van der Waals surface area contributed by atoms with Crippen LogP contribution in [0, 0.1) is 17.2 Å². The van der Waals surface area contributed by atoms with Crippen LogP contribution in [0.4, 0.5) is 10.1 Å². The maximum Gasteiger partial charge on any atom is 0.129 e. The highest BCUT2D eigenvalue weighted by atomic mass is 79.9. The van der Waals surface area contributed by atoms with Gasteiger partial charge in [-0.1, -0.05) is 42.8 Å². The molecular formula is C16H23BrFN. The Kier molecular flexibility index (Phi) is 4.54. The summed E-state index contributed by atoms with van der Waals surface area (Å²) in [6, 6.07) is 5.39. The van der Waals surface area contributed by atoms with Crippen LogP contribution < -0.4 is 4.90 Å². The van der Waals surface area contributed by atoms with E-state index in [0.717, 1.165) is 30.3 Å². The normalized spacial score (nSPS) is 17.8. The number of halogens is 2. The molecule has 106 valence electrons. The minimum atomic E-state index is -0.104. The van der Waals surface area contributed by atoms with Crippen molar-refractivity contribution in [2.75, 3.05) is 18.0 Å². The average Bonchev–Trinajstić information content (AvgIpc) is 2.37. The first-order valence-electron chi connectivity index (χ1n) is 7.02. The molecule has 0 unspecified atom stereocenters. The summed E-state index contributed by atoms with van der Waals surface area (Å²) in [5.41, 5.74) is 2.23. The van der Waals surface area contributed by atoms with Gasteiger partial charge < -0.3 is 4.90 Å². The van der Waals surface area contributed by atoms with E-state index in [1.165, 1.54) is 12.8 Å². The topological polar surface area (TPSA) is 3.24 Å². The van der Waals surface area contributed by atoms with Gasteiger partial charge in [0, 0.05) is 29.7 Å². The summed E-state index contributed by atoms with van der Waals surface area (Å²) in [5.74, 6) is 0.664. The molecule has 0 amide bonds. The van der Waals surface area contributed by atoms with E-state index >= 15 is 0 Å². The molecule has 1 fully saturated rings. The van der Waals surface area contributed by atoms with E-state index in [1.54, 1.807) is 6.07 Å². The number of alkyl halides is 1. The Labute approximate surface area is 124 Å². The second-order valence-corrected chi connectivity index (χ2v) is 7.06. The molecule has 1 saturated heterocycles. The summed E-state index contributed by atoms with van der Waals surface area (Å²) in [6.45, 7) is 9.02. The van der Waals surface area contributed by atoms with Crippen molar-refractivity contribution in [2.45, 2.75) is 38.9 Å². The molecule has 1 nitrogen and oxygen atoms in total. The van der Waals surface area contributed by atoms with E-state index < -0.39 is 0 Å². The summed E-state index contributed by atoms with van der Waals surface area (Å²) in [5, 5.41) is 0.578. The van der Waals surface area contributed by atoms with Gasteiger partial charge in [0.05, 0.1) is 0 Å². The van der Waals surface area contributed by atoms with Gasteiger partial charge in [-0.3, -0.25) is 0 Å². The fraction of sp³-hybridized carbons (Fsp3) is 0.625. The van der Waals surface area contributed by atoms with E-state index in [2.05, 4.69) is 41.6 Å². The van der Waals surface area contributed by atoms with Gasteiger partial charge in [-0.2, -0.15) is 0 Å². The van der Waals surface area contributed by atoms with Crippen LogP contribution in [-0.4, -0.2) is 13.1 Å². The fourth-order valence-corrected chi connectivity index (χ4v) is 3.52. The van der Waals surface area contributed by atoms with Gasteiger partial charge in [0.15, 0.2) is 0 Å². The second kappa shape index (κ2) is 5.82. The highest BCUT2D eigenvalue weighted by molar-refractivity contribution is 9.08. The first-order chi connectivity index (χ1) is 8.93. The lowest BCUT2D eigenvalue weighted by molar-refractivity contribution is 0.199. The van der Waals surface area contributed by atoms with Gasteiger partial charge in [-0.25, -0.2) is 4.39 Å². The molecular weight excluding hydrogens is 305 g/mol. The largest absolute Gasteiger partial charge is 0.371 e. The zero-order valence-electron chi connectivity index (χ0n) is 12.0. The number of nitrogens with zero attached hydrogens (tertiary/aromatic N) is 1. The minimum Gasteiger partial charge on any atom is -0.371 e. The van der Waals surface area contributed by atoms with Gasteiger partial charge in [0.1, 0.15) is 5.82 Å². The number of rotatable bonds is 2. The van der Waals surface area contributed by atoms with Crippen molar-refractivity contribution in [3.05, 3.63) is 29.6 Å². The standard InChI is InChI=1S/C16H23BrFN/c1-16(2,3)12-7-9-19(10-8-12)15-6-4-5-14(18)13(15)11-17/h4-6,12H,7-11H2,1-3H3. The van der Waals surface area contributed by atoms with Gasteiger partial charge in [0.25, 0.3) is 0 Å². The number of hydrogen-bond donors (Lipinski definition) is 0. The van der Waals surface area contributed by atoms with Gasteiger partial charge in [0.2, 0.25) is 0 Å². The lowest BCUT2D eigenvalue weighted by Gasteiger charge is -2.40. The lowest BCUT2D eigenvalue weighted by atomic mass is 9.75. The molecule has 3 heteroatoms. The van der Waals surface area contributed by atoms with Crippen LogP contribution in [0.1, 0.15) is 39.2 Å². The van der Waals surface area contributed by atoms with E-state index in [9.17, 15) is 4.39 Å². The second-order valence-electron chi connectivity index (χ2n) is 6.50.